The molecule has 0 aliphatic rings. The topological polar surface area (TPSA) is 57.6 Å². The summed E-state index contributed by atoms with van der Waals surface area (Å²) in [6, 6.07) is 6.86. The maximum Gasteiger partial charge on any atom is 0.338 e. The number of anilines is 1. The van der Waals surface area contributed by atoms with Crippen LogP contribution in [0, 0.1) is 11.6 Å². The van der Waals surface area contributed by atoms with Crippen LogP contribution in [0.15, 0.2) is 36.4 Å². The summed E-state index contributed by atoms with van der Waals surface area (Å²) in [5.41, 5.74) is -0.793. The van der Waals surface area contributed by atoms with E-state index in [0.717, 1.165) is 23.1 Å². The molecule has 0 aliphatic heterocycles. The highest BCUT2D eigenvalue weighted by atomic mass is 35.5. The number of nitrogens with zero attached hydrogens (tertiary/aromatic N) is 1. The lowest BCUT2D eigenvalue weighted by Crippen LogP contribution is -2.28. The van der Waals surface area contributed by atoms with Gasteiger partial charge in [0.05, 0.1) is 21.8 Å². The van der Waals surface area contributed by atoms with Gasteiger partial charge in [-0.1, -0.05) is 17.7 Å². The van der Waals surface area contributed by atoms with Crippen LogP contribution in [0.3, 0.4) is 0 Å². The average molecular weight is 326 g/mol. The van der Waals surface area contributed by atoms with Crippen molar-refractivity contribution in [3.05, 3.63) is 64.2 Å². The molecule has 0 spiro atoms. The quantitative estimate of drug-likeness (QED) is 0.938. The molecule has 22 heavy (non-hydrogen) atoms. The fourth-order valence-corrected chi connectivity index (χ4v) is 2.15. The molecular formula is C15H10ClF2NO3. The van der Waals surface area contributed by atoms with Gasteiger partial charge in [0.2, 0.25) is 0 Å². The molecule has 0 radical (unpaired) electrons. The zero-order valence-electron chi connectivity index (χ0n) is 11.3. The van der Waals surface area contributed by atoms with Gasteiger partial charge in [0.25, 0.3) is 5.91 Å². The molecule has 0 saturated carbocycles. The van der Waals surface area contributed by atoms with Crippen LogP contribution in [-0.2, 0) is 0 Å². The lowest BCUT2D eigenvalue weighted by molar-refractivity contribution is 0.0691. The number of hydrogen-bond acceptors (Lipinski definition) is 2. The minimum atomic E-state index is -1.44. The van der Waals surface area contributed by atoms with Crippen molar-refractivity contribution in [2.75, 3.05) is 11.9 Å². The van der Waals surface area contributed by atoms with E-state index in [4.69, 9.17) is 16.7 Å². The van der Waals surface area contributed by atoms with E-state index in [1.807, 2.05) is 0 Å². The predicted octanol–water partition coefficient (Wildman–Crippen LogP) is 3.59. The molecule has 114 valence electrons. The Labute approximate surface area is 129 Å². The summed E-state index contributed by atoms with van der Waals surface area (Å²) in [7, 11) is 1.27. The molecule has 0 saturated heterocycles. The van der Waals surface area contributed by atoms with E-state index < -0.39 is 29.1 Å². The summed E-state index contributed by atoms with van der Waals surface area (Å²) < 4.78 is 27.2. The molecule has 0 unspecified atom stereocenters. The Hall–Kier alpha value is -2.47. The Morgan fingerprint density at radius 2 is 1.82 bits per heavy atom. The fourth-order valence-electron chi connectivity index (χ4n) is 1.90. The minimum absolute atomic E-state index is 0.0225. The van der Waals surface area contributed by atoms with Crippen LogP contribution in [0.4, 0.5) is 14.5 Å². The number of carbonyl (C=O) groups excluding carboxylic acids is 1. The van der Waals surface area contributed by atoms with E-state index in [1.54, 1.807) is 0 Å². The number of amides is 1. The Bertz CT molecular complexity index is 764. The molecule has 7 heteroatoms. The highest BCUT2D eigenvalue weighted by molar-refractivity contribution is 6.34. The molecule has 0 atom stereocenters. The third-order valence-corrected chi connectivity index (χ3v) is 3.35. The number of carbonyl (C=O) groups is 2. The van der Waals surface area contributed by atoms with Crippen molar-refractivity contribution in [2.45, 2.75) is 0 Å². The van der Waals surface area contributed by atoms with Crippen molar-refractivity contribution in [1.29, 1.82) is 0 Å². The fraction of sp³-hybridized carbons (Fsp3) is 0.0667. The second kappa shape index (κ2) is 6.11. The van der Waals surface area contributed by atoms with Crippen LogP contribution in [0.2, 0.25) is 5.02 Å². The van der Waals surface area contributed by atoms with E-state index in [0.29, 0.717) is 0 Å². The van der Waals surface area contributed by atoms with Crippen molar-refractivity contribution in [3.63, 3.8) is 0 Å². The third kappa shape index (κ3) is 2.92. The van der Waals surface area contributed by atoms with E-state index in [1.165, 1.54) is 25.2 Å². The maximum absolute atomic E-state index is 14.1. The van der Waals surface area contributed by atoms with Crippen molar-refractivity contribution in [3.8, 4) is 0 Å². The largest absolute Gasteiger partial charge is 0.478 e. The summed E-state index contributed by atoms with van der Waals surface area (Å²) in [5.74, 6) is -3.78. The molecule has 2 aromatic carbocycles. The molecule has 0 heterocycles. The van der Waals surface area contributed by atoms with Crippen molar-refractivity contribution in [1.82, 2.24) is 0 Å². The Kier molecular flexibility index (Phi) is 4.42. The number of carboxylic acid groups (broad SMARTS) is 1. The average Bonchev–Trinajstić information content (AvgIpc) is 2.46. The van der Waals surface area contributed by atoms with Gasteiger partial charge >= 0.3 is 5.97 Å². The zero-order chi connectivity index (χ0) is 16.4. The van der Waals surface area contributed by atoms with E-state index >= 15 is 0 Å². The number of benzene rings is 2. The standard InChI is InChI=1S/C15H10ClF2NO3/c1-19(12-4-2-3-10(13(12)18)15(21)22)14(20)9-6-5-8(17)7-11(9)16/h2-7H,1H3,(H,21,22). The highest BCUT2D eigenvalue weighted by Crippen LogP contribution is 2.25. The van der Waals surface area contributed by atoms with Gasteiger partial charge in [-0.2, -0.15) is 0 Å². The highest BCUT2D eigenvalue weighted by Gasteiger charge is 2.22. The number of rotatable bonds is 3. The first-order valence-electron chi connectivity index (χ1n) is 6.08. The first-order valence-corrected chi connectivity index (χ1v) is 6.45. The Balaban J connectivity index is 2.43. The summed E-state index contributed by atoms with van der Waals surface area (Å²) in [4.78, 5) is 24.2. The molecule has 0 aromatic heterocycles. The Morgan fingerprint density at radius 3 is 2.41 bits per heavy atom. The minimum Gasteiger partial charge on any atom is -0.478 e. The van der Waals surface area contributed by atoms with Crippen LogP contribution >= 0.6 is 11.6 Å². The molecular weight excluding hydrogens is 316 g/mol. The predicted molar refractivity (Wildman–Crippen MR) is 77.5 cm³/mol. The van der Waals surface area contributed by atoms with Gasteiger partial charge in [0, 0.05) is 7.05 Å². The summed E-state index contributed by atoms with van der Waals surface area (Å²) in [6.45, 7) is 0. The Morgan fingerprint density at radius 1 is 1.14 bits per heavy atom. The van der Waals surface area contributed by atoms with Crippen LogP contribution in [0.1, 0.15) is 20.7 Å². The number of hydrogen-bond donors (Lipinski definition) is 1. The molecule has 2 aromatic rings. The van der Waals surface area contributed by atoms with Crippen molar-refractivity contribution >= 4 is 29.2 Å². The normalized spacial score (nSPS) is 10.4. The van der Waals surface area contributed by atoms with E-state index in [-0.39, 0.29) is 16.3 Å². The third-order valence-electron chi connectivity index (χ3n) is 3.04. The van der Waals surface area contributed by atoms with Gasteiger partial charge in [-0.05, 0) is 30.3 Å². The van der Waals surface area contributed by atoms with Gasteiger partial charge in [0.15, 0.2) is 5.82 Å². The smallest absolute Gasteiger partial charge is 0.338 e. The first kappa shape index (κ1) is 15.9. The number of aromatic carboxylic acids is 1. The van der Waals surface area contributed by atoms with Gasteiger partial charge in [0.1, 0.15) is 5.82 Å². The molecule has 1 N–H and O–H groups in total. The number of carboxylic acids is 1. The summed E-state index contributed by atoms with van der Waals surface area (Å²) >= 11 is 5.80. The lowest BCUT2D eigenvalue weighted by atomic mass is 10.1. The van der Waals surface area contributed by atoms with Gasteiger partial charge in [-0.3, -0.25) is 4.79 Å². The number of halogens is 3. The maximum atomic E-state index is 14.1. The van der Waals surface area contributed by atoms with Crippen molar-refractivity contribution in [2.24, 2.45) is 0 Å². The summed E-state index contributed by atoms with van der Waals surface area (Å²) in [5, 5.41) is 8.78. The monoisotopic (exact) mass is 325 g/mol. The van der Waals surface area contributed by atoms with Crippen LogP contribution in [0.5, 0.6) is 0 Å². The van der Waals surface area contributed by atoms with Crippen molar-refractivity contribution < 1.29 is 23.5 Å². The molecule has 1 amide bonds. The molecule has 0 fully saturated rings. The second-order valence-electron chi connectivity index (χ2n) is 4.43. The van der Waals surface area contributed by atoms with Crippen LogP contribution in [-0.4, -0.2) is 24.0 Å². The molecule has 4 nitrogen and oxygen atoms in total. The SMILES string of the molecule is CN(C(=O)c1ccc(F)cc1Cl)c1cccc(C(=O)O)c1F. The van der Waals surface area contributed by atoms with E-state index in [2.05, 4.69) is 0 Å². The van der Waals surface area contributed by atoms with Gasteiger partial charge < -0.3 is 10.0 Å². The zero-order valence-corrected chi connectivity index (χ0v) is 12.1. The van der Waals surface area contributed by atoms with Crippen LogP contribution < -0.4 is 4.90 Å². The van der Waals surface area contributed by atoms with E-state index in [9.17, 15) is 18.4 Å². The molecule has 0 aliphatic carbocycles. The van der Waals surface area contributed by atoms with Crippen LogP contribution in [0.25, 0.3) is 0 Å². The summed E-state index contributed by atoms with van der Waals surface area (Å²) in [6.07, 6.45) is 0. The van der Waals surface area contributed by atoms with Gasteiger partial charge in [-0.15, -0.1) is 0 Å². The second-order valence-corrected chi connectivity index (χ2v) is 4.84. The molecule has 0 bridgehead atoms. The lowest BCUT2D eigenvalue weighted by Gasteiger charge is -2.19. The van der Waals surface area contributed by atoms with Gasteiger partial charge in [-0.25, -0.2) is 13.6 Å². The first-order chi connectivity index (χ1) is 10.3. The molecule has 2 rings (SSSR count).